The fraction of sp³-hybridized carbons (Fsp3) is 0.571. The summed E-state index contributed by atoms with van der Waals surface area (Å²) >= 11 is 0. The topological polar surface area (TPSA) is 75.4 Å². The van der Waals surface area contributed by atoms with Crippen molar-refractivity contribution in [2.75, 3.05) is 5.73 Å². The third-order valence-corrected chi connectivity index (χ3v) is 5.48. The van der Waals surface area contributed by atoms with Crippen LogP contribution in [0.5, 0.6) is 0 Å². The fourth-order valence-corrected chi connectivity index (χ4v) is 4.43. The van der Waals surface area contributed by atoms with Gasteiger partial charge in [-0.2, -0.15) is 0 Å². The zero-order chi connectivity index (χ0) is 14.9. The Labute approximate surface area is 121 Å². The molecule has 1 aliphatic heterocycles. The average Bonchev–Trinajstić information content (AvgIpc) is 2.33. The van der Waals surface area contributed by atoms with Gasteiger partial charge < -0.3 is 5.73 Å². The van der Waals surface area contributed by atoms with Crippen LogP contribution in [0.25, 0.3) is 0 Å². The molecular formula is C14H23N3O2S. The van der Waals surface area contributed by atoms with Gasteiger partial charge in [0.15, 0.2) is 0 Å². The van der Waals surface area contributed by atoms with Crippen LogP contribution < -0.4 is 10.6 Å². The van der Waals surface area contributed by atoms with E-state index >= 15 is 0 Å². The maximum absolute atomic E-state index is 12.6. The van der Waals surface area contributed by atoms with E-state index in [2.05, 4.69) is 4.83 Å². The van der Waals surface area contributed by atoms with Crippen molar-refractivity contribution in [3.8, 4) is 0 Å². The number of piperidine rings is 1. The summed E-state index contributed by atoms with van der Waals surface area (Å²) in [7, 11) is -3.64. The van der Waals surface area contributed by atoms with Crippen LogP contribution in [-0.2, 0) is 10.0 Å². The summed E-state index contributed by atoms with van der Waals surface area (Å²) in [5, 5.41) is 1.84. The van der Waals surface area contributed by atoms with Crippen LogP contribution in [0.1, 0.15) is 38.7 Å². The van der Waals surface area contributed by atoms with Crippen molar-refractivity contribution in [3.05, 3.63) is 23.8 Å². The van der Waals surface area contributed by atoms with Crippen molar-refractivity contribution < 1.29 is 8.42 Å². The molecule has 0 radical (unpaired) electrons. The van der Waals surface area contributed by atoms with Gasteiger partial charge in [0, 0.05) is 12.1 Å². The highest BCUT2D eigenvalue weighted by atomic mass is 32.2. The summed E-state index contributed by atoms with van der Waals surface area (Å²) in [6.07, 6.45) is 3.12. The minimum Gasteiger partial charge on any atom is -0.398 e. The highest BCUT2D eigenvalue weighted by Crippen LogP contribution is 2.25. The number of nitrogens with one attached hydrogen (secondary N) is 1. The molecule has 1 aromatic rings. The normalized spacial score (nSPS) is 24.8. The number of sulfonamides is 1. The standard InChI is InChI=1S/C14H23N3O2S/c1-10-6-4-9-13(15)14(10)20(18,19)16-17-11(2)7-5-8-12(17)3/h4,6,9,11-12,16H,5,7-8,15H2,1-3H3. The number of nitrogens with two attached hydrogens (primary N) is 1. The molecule has 2 atom stereocenters. The maximum atomic E-state index is 12.6. The molecule has 1 heterocycles. The first kappa shape index (κ1) is 15.3. The van der Waals surface area contributed by atoms with Gasteiger partial charge in [-0.25, -0.2) is 13.4 Å². The van der Waals surface area contributed by atoms with E-state index in [1.165, 1.54) is 0 Å². The summed E-state index contributed by atoms with van der Waals surface area (Å²) in [5.41, 5.74) is 6.79. The van der Waals surface area contributed by atoms with Gasteiger partial charge in [0.25, 0.3) is 10.0 Å². The number of nitrogen functional groups attached to an aromatic ring is 1. The van der Waals surface area contributed by atoms with Crippen LogP contribution in [0.4, 0.5) is 5.69 Å². The lowest BCUT2D eigenvalue weighted by molar-refractivity contribution is 0.0790. The summed E-state index contributed by atoms with van der Waals surface area (Å²) in [5.74, 6) is 0. The second-order valence-corrected chi connectivity index (χ2v) is 7.22. The summed E-state index contributed by atoms with van der Waals surface area (Å²) in [6.45, 7) is 5.84. The zero-order valence-electron chi connectivity index (χ0n) is 12.3. The molecule has 0 spiro atoms. The Morgan fingerprint density at radius 1 is 1.25 bits per heavy atom. The van der Waals surface area contributed by atoms with Gasteiger partial charge in [-0.05, 0) is 45.2 Å². The van der Waals surface area contributed by atoms with Crippen LogP contribution in [0, 0.1) is 6.92 Å². The van der Waals surface area contributed by atoms with Gasteiger partial charge in [-0.1, -0.05) is 18.6 Å². The molecule has 6 heteroatoms. The largest absolute Gasteiger partial charge is 0.398 e. The van der Waals surface area contributed by atoms with E-state index in [0.717, 1.165) is 19.3 Å². The second kappa shape index (κ2) is 5.71. The third-order valence-electron chi connectivity index (χ3n) is 3.93. The molecule has 0 bridgehead atoms. The maximum Gasteiger partial charge on any atom is 0.255 e. The highest BCUT2D eigenvalue weighted by Gasteiger charge is 2.30. The molecule has 2 unspecified atom stereocenters. The van der Waals surface area contributed by atoms with Crippen LogP contribution >= 0.6 is 0 Å². The van der Waals surface area contributed by atoms with Crippen molar-refractivity contribution in [2.24, 2.45) is 0 Å². The van der Waals surface area contributed by atoms with Crippen molar-refractivity contribution in [1.82, 2.24) is 9.84 Å². The van der Waals surface area contributed by atoms with E-state index in [1.54, 1.807) is 25.1 Å². The summed E-state index contributed by atoms with van der Waals surface area (Å²) in [6, 6.07) is 5.52. The Kier molecular flexibility index (Phi) is 4.36. The monoisotopic (exact) mass is 297 g/mol. The molecule has 2 rings (SSSR count). The average molecular weight is 297 g/mol. The Hall–Kier alpha value is -1.11. The van der Waals surface area contributed by atoms with Crippen LogP contribution in [0.15, 0.2) is 23.1 Å². The predicted molar refractivity (Wildman–Crippen MR) is 80.5 cm³/mol. The van der Waals surface area contributed by atoms with Gasteiger partial charge in [-0.3, -0.25) is 0 Å². The van der Waals surface area contributed by atoms with Crippen molar-refractivity contribution >= 4 is 15.7 Å². The van der Waals surface area contributed by atoms with E-state index < -0.39 is 10.0 Å². The van der Waals surface area contributed by atoms with Crippen LogP contribution in [0.2, 0.25) is 0 Å². The Bertz CT molecular complexity index is 556. The molecule has 20 heavy (non-hydrogen) atoms. The first-order valence-electron chi connectivity index (χ1n) is 6.99. The number of anilines is 1. The van der Waals surface area contributed by atoms with Gasteiger partial charge in [-0.15, -0.1) is 4.83 Å². The molecule has 1 fully saturated rings. The first-order chi connectivity index (χ1) is 9.33. The van der Waals surface area contributed by atoms with E-state index in [9.17, 15) is 8.42 Å². The number of hydrogen-bond acceptors (Lipinski definition) is 4. The molecule has 0 aliphatic carbocycles. The lowest BCUT2D eigenvalue weighted by Gasteiger charge is -2.38. The van der Waals surface area contributed by atoms with E-state index in [0.29, 0.717) is 5.56 Å². The number of nitrogens with zero attached hydrogens (tertiary/aromatic N) is 1. The molecule has 0 saturated carbocycles. The Morgan fingerprint density at radius 3 is 2.40 bits per heavy atom. The molecule has 1 aliphatic rings. The number of hydrazine groups is 1. The van der Waals surface area contributed by atoms with Gasteiger partial charge >= 0.3 is 0 Å². The van der Waals surface area contributed by atoms with Gasteiger partial charge in [0.1, 0.15) is 4.90 Å². The van der Waals surface area contributed by atoms with E-state index in [1.807, 2.05) is 18.9 Å². The van der Waals surface area contributed by atoms with Crippen molar-refractivity contribution in [3.63, 3.8) is 0 Å². The van der Waals surface area contributed by atoms with E-state index in [-0.39, 0.29) is 22.7 Å². The van der Waals surface area contributed by atoms with Crippen LogP contribution in [-0.4, -0.2) is 25.5 Å². The Morgan fingerprint density at radius 2 is 1.85 bits per heavy atom. The minimum absolute atomic E-state index is 0.185. The molecular weight excluding hydrogens is 274 g/mol. The summed E-state index contributed by atoms with van der Waals surface area (Å²) in [4.78, 5) is 2.90. The smallest absolute Gasteiger partial charge is 0.255 e. The SMILES string of the molecule is Cc1cccc(N)c1S(=O)(=O)NN1C(C)CCCC1C. The third kappa shape index (κ3) is 2.97. The van der Waals surface area contributed by atoms with E-state index in [4.69, 9.17) is 5.73 Å². The quantitative estimate of drug-likeness (QED) is 0.837. The molecule has 1 aromatic carbocycles. The van der Waals surface area contributed by atoms with Gasteiger partial charge in [0.2, 0.25) is 0 Å². The lowest BCUT2D eigenvalue weighted by atomic mass is 10.0. The van der Waals surface area contributed by atoms with Crippen molar-refractivity contribution in [2.45, 2.75) is 57.0 Å². The number of hydrogen-bond donors (Lipinski definition) is 2. The van der Waals surface area contributed by atoms with Crippen molar-refractivity contribution in [1.29, 1.82) is 0 Å². The Balaban J connectivity index is 2.31. The zero-order valence-corrected chi connectivity index (χ0v) is 13.1. The molecule has 0 aromatic heterocycles. The second-order valence-electron chi connectivity index (χ2n) is 5.62. The minimum atomic E-state index is -3.64. The number of aryl methyl sites for hydroxylation is 1. The number of rotatable bonds is 3. The summed E-state index contributed by atoms with van der Waals surface area (Å²) < 4.78 is 25.2. The molecule has 0 amide bonds. The highest BCUT2D eigenvalue weighted by molar-refractivity contribution is 7.89. The first-order valence-corrected chi connectivity index (χ1v) is 8.47. The van der Waals surface area contributed by atoms with Gasteiger partial charge in [0.05, 0.1) is 5.69 Å². The number of benzene rings is 1. The molecule has 112 valence electrons. The molecule has 5 nitrogen and oxygen atoms in total. The lowest BCUT2D eigenvalue weighted by Crippen LogP contribution is -2.54. The molecule has 1 saturated heterocycles. The molecule has 3 N–H and O–H groups in total. The predicted octanol–water partition coefficient (Wildman–Crippen LogP) is 2.03. The fourth-order valence-electron chi connectivity index (χ4n) is 2.83. The van der Waals surface area contributed by atoms with Crippen LogP contribution in [0.3, 0.4) is 0 Å².